The van der Waals surface area contributed by atoms with Crippen LogP contribution < -0.4 is 5.32 Å². The quantitative estimate of drug-likeness (QED) is 0.825. The van der Waals surface area contributed by atoms with Gasteiger partial charge in [0.05, 0.1) is 11.2 Å². The van der Waals surface area contributed by atoms with E-state index in [9.17, 15) is 14.3 Å². The molecule has 106 valence electrons. The van der Waals surface area contributed by atoms with Gasteiger partial charge in [0.2, 0.25) is 0 Å². The Hall–Kier alpha value is -1.46. The van der Waals surface area contributed by atoms with E-state index in [0.29, 0.717) is 13.0 Å². The number of benzene rings is 1. The molecule has 0 aliphatic rings. The highest BCUT2D eigenvalue weighted by molar-refractivity contribution is 5.94. The maximum atomic E-state index is 13.5. The number of hydrogen-bond donors (Lipinski definition) is 2. The fourth-order valence-electron chi connectivity index (χ4n) is 1.59. The molecule has 0 heterocycles. The number of methoxy groups -OCH3 is 1. The molecule has 0 radical (unpaired) electrons. The molecule has 0 aliphatic heterocycles. The standard InChI is InChI=1S/C14H20FNO3/c1-10-4-5-12(15)11(8-10)13(17)16-9-14(2,18)6-7-19-3/h4-5,8,18H,6-7,9H2,1-3H3,(H,16,17). The van der Waals surface area contributed by atoms with Crippen molar-refractivity contribution in [3.63, 3.8) is 0 Å². The molecule has 1 aromatic carbocycles. The average Bonchev–Trinajstić information content (AvgIpc) is 2.36. The molecular weight excluding hydrogens is 249 g/mol. The van der Waals surface area contributed by atoms with Gasteiger partial charge in [0.1, 0.15) is 5.82 Å². The van der Waals surface area contributed by atoms with E-state index in [-0.39, 0.29) is 12.1 Å². The van der Waals surface area contributed by atoms with Crippen molar-refractivity contribution in [1.29, 1.82) is 0 Å². The minimum atomic E-state index is -1.08. The molecule has 0 saturated heterocycles. The first-order valence-electron chi connectivity index (χ1n) is 6.11. The average molecular weight is 269 g/mol. The second kappa shape index (κ2) is 6.63. The third kappa shape index (κ3) is 4.96. The second-order valence-corrected chi connectivity index (χ2v) is 4.91. The molecule has 1 rings (SSSR count). The Balaban J connectivity index is 2.62. The molecule has 0 bridgehead atoms. The van der Waals surface area contributed by atoms with Gasteiger partial charge in [-0.2, -0.15) is 0 Å². The van der Waals surface area contributed by atoms with Gasteiger partial charge in [0, 0.05) is 26.7 Å². The van der Waals surface area contributed by atoms with Crippen LogP contribution in [-0.4, -0.2) is 36.9 Å². The topological polar surface area (TPSA) is 58.6 Å². The molecule has 19 heavy (non-hydrogen) atoms. The van der Waals surface area contributed by atoms with E-state index < -0.39 is 17.3 Å². The summed E-state index contributed by atoms with van der Waals surface area (Å²) in [5.41, 5.74) is -0.286. The van der Waals surface area contributed by atoms with Crippen molar-refractivity contribution < 1.29 is 19.0 Å². The Kier molecular flexibility index (Phi) is 5.44. The predicted octanol–water partition coefficient (Wildman–Crippen LogP) is 1.65. The highest BCUT2D eigenvalue weighted by atomic mass is 19.1. The van der Waals surface area contributed by atoms with Gasteiger partial charge in [-0.05, 0) is 26.0 Å². The lowest BCUT2D eigenvalue weighted by Crippen LogP contribution is -2.41. The van der Waals surface area contributed by atoms with E-state index in [1.165, 1.54) is 19.2 Å². The number of halogens is 1. The van der Waals surface area contributed by atoms with E-state index in [2.05, 4.69) is 5.32 Å². The number of carbonyl (C=O) groups is 1. The first kappa shape index (κ1) is 15.6. The number of aryl methyl sites for hydroxylation is 1. The lowest BCUT2D eigenvalue weighted by molar-refractivity contribution is 0.0243. The molecule has 0 aromatic heterocycles. The zero-order valence-corrected chi connectivity index (χ0v) is 11.5. The van der Waals surface area contributed by atoms with Gasteiger partial charge < -0.3 is 15.2 Å². The third-order valence-electron chi connectivity index (χ3n) is 2.84. The number of rotatable bonds is 6. The van der Waals surface area contributed by atoms with E-state index in [4.69, 9.17) is 4.74 Å². The number of carbonyl (C=O) groups excluding carboxylic acids is 1. The van der Waals surface area contributed by atoms with Crippen LogP contribution in [0.5, 0.6) is 0 Å². The van der Waals surface area contributed by atoms with Crippen LogP contribution in [0.3, 0.4) is 0 Å². The molecule has 1 unspecified atom stereocenters. The highest BCUT2D eigenvalue weighted by Crippen LogP contribution is 2.11. The smallest absolute Gasteiger partial charge is 0.254 e. The molecule has 0 aliphatic carbocycles. The van der Waals surface area contributed by atoms with Crippen molar-refractivity contribution in [3.8, 4) is 0 Å². The van der Waals surface area contributed by atoms with Crippen LogP contribution in [0.15, 0.2) is 18.2 Å². The van der Waals surface area contributed by atoms with Crippen LogP contribution in [0.4, 0.5) is 4.39 Å². The van der Waals surface area contributed by atoms with Gasteiger partial charge in [-0.1, -0.05) is 11.6 Å². The summed E-state index contributed by atoms with van der Waals surface area (Å²) in [5.74, 6) is -1.10. The van der Waals surface area contributed by atoms with E-state index >= 15 is 0 Å². The molecule has 1 atom stereocenters. The van der Waals surface area contributed by atoms with E-state index in [0.717, 1.165) is 5.56 Å². The Morgan fingerprint density at radius 3 is 2.84 bits per heavy atom. The van der Waals surface area contributed by atoms with E-state index in [1.54, 1.807) is 19.9 Å². The van der Waals surface area contributed by atoms with Crippen LogP contribution in [0.25, 0.3) is 0 Å². The molecule has 0 saturated carbocycles. The number of aliphatic hydroxyl groups is 1. The van der Waals surface area contributed by atoms with Gasteiger partial charge in [0.15, 0.2) is 0 Å². The summed E-state index contributed by atoms with van der Waals surface area (Å²) in [6.07, 6.45) is 0.389. The van der Waals surface area contributed by atoms with Crippen LogP contribution in [0.1, 0.15) is 29.3 Å². The summed E-state index contributed by atoms with van der Waals surface area (Å²) >= 11 is 0. The van der Waals surface area contributed by atoms with Crippen molar-refractivity contribution in [2.24, 2.45) is 0 Å². The minimum Gasteiger partial charge on any atom is -0.388 e. The first-order chi connectivity index (χ1) is 8.85. The normalized spacial score (nSPS) is 13.9. The van der Waals surface area contributed by atoms with Crippen LogP contribution >= 0.6 is 0 Å². The van der Waals surface area contributed by atoms with Gasteiger partial charge in [0.25, 0.3) is 5.91 Å². The van der Waals surface area contributed by atoms with Gasteiger partial charge in [-0.25, -0.2) is 4.39 Å². The van der Waals surface area contributed by atoms with Gasteiger partial charge in [-0.15, -0.1) is 0 Å². The largest absolute Gasteiger partial charge is 0.388 e. The molecule has 4 nitrogen and oxygen atoms in total. The zero-order chi connectivity index (χ0) is 14.5. The van der Waals surface area contributed by atoms with Crippen molar-refractivity contribution >= 4 is 5.91 Å². The summed E-state index contributed by atoms with van der Waals surface area (Å²) in [6.45, 7) is 3.81. The fourth-order valence-corrected chi connectivity index (χ4v) is 1.59. The first-order valence-corrected chi connectivity index (χ1v) is 6.11. The van der Waals surface area contributed by atoms with Crippen molar-refractivity contribution in [3.05, 3.63) is 35.1 Å². The summed E-state index contributed by atoms with van der Waals surface area (Å²) in [6, 6.07) is 4.34. The minimum absolute atomic E-state index is 0.0115. The molecule has 0 spiro atoms. The lowest BCUT2D eigenvalue weighted by atomic mass is 10.0. The van der Waals surface area contributed by atoms with E-state index in [1.807, 2.05) is 0 Å². The predicted molar refractivity (Wildman–Crippen MR) is 70.6 cm³/mol. The lowest BCUT2D eigenvalue weighted by Gasteiger charge is -2.23. The Morgan fingerprint density at radius 2 is 2.21 bits per heavy atom. The maximum absolute atomic E-state index is 13.5. The summed E-state index contributed by atoms with van der Waals surface area (Å²) in [4.78, 5) is 11.8. The number of nitrogens with one attached hydrogen (secondary N) is 1. The van der Waals surface area contributed by atoms with Gasteiger partial charge >= 0.3 is 0 Å². The highest BCUT2D eigenvalue weighted by Gasteiger charge is 2.22. The second-order valence-electron chi connectivity index (χ2n) is 4.91. The summed E-state index contributed by atoms with van der Waals surface area (Å²) < 4.78 is 18.4. The third-order valence-corrected chi connectivity index (χ3v) is 2.84. The molecule has 5 heteroatoms. The monoisotopic (exact) mass is 269 g/mol. The van der Waals surface area contributed by atoms with Crippen LogP contribution in [0.2, 0.25) is 0 Å². The Bertz CT molecular complexity index is 446. The van der Waals surface area contributed by atoms with Crippen molar-refractivity contribution in [2.75, 3.05) is 20.3 Å². The molecule has 0 fully saturated rings. The SMILES string of the molecule is COCCC(C)(O)CNC(=O)c1cc(C)ccc1F. The van der Waals surface area contributed by atoms with Crippen molar-refractivity contribution in [1.82, 2.24) is 5.32 Å². The summed E-state index contributed by atoms with van der Waals surface area (Å²) in [5, 5.41) is 12.5. The number of amides is 1. The molecule has 1 aromatic rings. The number of hydrogen-bond acceptors (Lipinski definition) is 3. The van der Waals surface area contributed by atoms with Crippen LogP contribution in [0, 0.1) is 12.7 Å². The summed E-state index contributed by atoms with van der Waals surface area (Å²) in [7, 11) is 1.54. The fraction of sp³-hybridized carbons (Fsp3) is 0.500. The maximum Gasteiger partial charge on any atom is 0.254 e. The molecule has 2 N–H and O–H groups in total. The Morgan fingerprint density at radius 1 is 1.53 bits per heavy atom. The Labute approximate surface area is 112 Å². The zero-order valence-electron chi connectivity index (χ0n) is 11.5. The molecule has 1 amide bonds. The van der Waals surface area contributed by atoms with Crippen molar-refractivity contribution in [2.45, 2.75) is 25.9 Å². The van der Waals surface area contributed by atoms with Gasteiger partial charge in [-0.3, -0.25) is 4.79 Å². The van der Waals surface area contributed by atoms with Crippen LogP contribution in [-0.2, 0) is 4.74 Å². The molecular formula is C14H20FNO3. The number of ether oxygens (including phenoxy) is 1.